The molecule has 0 saturated heterocycles. The molecule has 0 spiro atoms. The van der Waals surface area contributed by atoms with E-state index in [0.717, 1.165) is 0 Å². The molecule has 0 bridgehead atoms. The molecule has 1 saturated carbocycles. The zero-order valence-electron chi connectivity index (χ0n) is 9.15. The van der Waals surface area contributed by atoms with E-state index in [2.05, 4.69) is 0 Å². The predicted molar refractivity (Wildman–Crippen MR) is 53.7 cm³/mol. The standard InChI is InChI=1S/C10H12O8/c11-6(12)2-3-4(8(13)14)1-5(9(15)16)7(3)10(17)18/h3-5,7H,1-2H2,(H,11,12)(H,13,14)(H,15,16)(H,17,18)/t3-,4+,5-,7+/m1/s1. The van der Waals surface area contributed by atoms with Gasteiger partial charge >= 0.3 is 23.9 Å². The molecule has 0 aromatic rings. The summed E-state index contributed by atoms with van der Waals surface area (Å²) in [7, 11) is 0. The van der Waals surface area contributed by atoms with Crippen molar-refractivity contribution in [2.24, 2.45) is 23.7 Å². The second-order valence-corrected chi connectivity index (χ2v) is 4.25. The number of carboxylic acid groups (broad SMARTS) is 4. The van der Waals surface area contributed by atoms with Gasteiger partial charge < -0.3 is 20.4 Å². The topological polar surface area (TPSA) is 149 Å². The Balaban J connectivity index is 3.10. The Morgan fingerprint density at radius 1 is 0.833 bits per heavy atom. The van der Waals surface area contributed by atoms with E-state index in [-0.39, 0.29) is 6.42 Å². The minimum atomic E-state index is -1.49. The summed E-state index contributed by atoms with van der Waals surface area (Å²) in [6.07, 6.45) is -1.03. The molecule has 100 valence electrons. The smallest absolute Gasteiger partial charge is 0.307 e. The van der Waals surface area contributed by atoms with E-state index in [4.69, 9.17) is 20.4 Å². The summed E-state index contributed by atoms with van der Waals surface area (Å²) in [6, 6.07) is 0. The first kappa shape index (κ1) is 13.9. The highest BCUT2D eigenvalue weighted by atomic mass is 16.4. The summed E-state index contributed by atoms with van der Waals surface area (Å²) in [5.41, 5.74) is 0. The Labute approximate surface area is 101 Å². The maximum absolute atomic E-state index is 11.0. The molecule has 0 aromatic heterocycles. The van der Waals surface area contributed by atoms with Crippen LogP contribution in [0.15, 0.2) is 0 Å². The molecular formula is C10H12O8. The third-order valence-electron chi connectivity index (χ3n) is 3.25. The maximum atomic E-state index is 11.0. The minimum Gasteiger partial charge on any atom is -0.481 e. The molecule has 0 heterocycles. The maximum Gasteiger partial charge on any atom is 0.307 e. The van der Waals surface area contributed by atoms with Crippen molar-refractivity contribution in [2.45, 2.75) is 12.8 Å². The van der Waals surface area contributed by atoms with Gasteiger partial charge in [-0.15, -0.1) is 0 Å². The molecule has 0 aliphatic heterocycles. The molecule has 8 nitrogen and oxygen atoms in total. The highest BCUT2D eigenvalue weighted by Gasteiger charge is 2.53. The number of carboxylic acids is 4. The van der Waals surface area contributed by atoms with Crippen LogP contribution in [0, 0.1) is 23.7 Å². The average molecular weight is 260 g/mol. The zero-order chi connectivity index (χ0) is 14.0. The van der Waals surface area contributed by atoms with Gasteiger partial charge in [0, 0.05) is 6.42 Å². The fourth-order valence-corrected chi connectivity index (χ4v) is 2.51. The monoisotopic (exact) mass is 260 g/mol. The summed E-state index contributed by atoms with van der Waals surface area (Å²) in [5, 5.41) is 35.4. The second kappa shape index (κ2) is 5.03. The molecule has 1 aliphatic carbocycles. The van der Waals surface area contributed by atoms with Crippen molar-refractivity contribution in [1.82, 2.24) is 0 Å². The lowest BCUT2D eigenvalue weighted by atomic mass is 9.84. The van der Waals surface area contributed by atoms with E-state index < -0.39 is 54.0 Å². The van der Waals surface area contributed by atoms with Crippen molar-refractivity contribution in [3.05, 3.63) is 0 Å². The van der Waals surface area contributed by atoms with Crippen molar-refractivity contribution in [1.29, 1.82) is 0 Å². The van der Waals surface area contributed by atoms with E-state index in [9.17, 15) is 19.2 Å². The van der Waals surface area contributed by atoms with Gasteiger partial charge in [-0.2, -0.15) is 0 Å². The Kier molecular flexibility index (Phi) is 3.89. The summed E-state index contributed by atoms with van der Waals surface area (Å²) in [6.45, 7) is 0. The van der Waals surface area contributed by atoms with Gasteiger partial charge in [0.2, 0.25) is 0 Å². The van der Waals surface area contributed by atoms with Crippen molar-refractivity contribution in [3.8, 4) is 0 Å². The summed E-state index contributed by atoms with van der Waals surface area (Å²) >= 11 is 0. The van der Waals surface area contributed by atoms with Crippen LogP contribution in [0.1, 0.15) is 12.8 Å². The zero-order valence-corrected chi connectivity index (χ0v) is 9.15. The first-order valence-electron chi connectivity index (χ1n) is 5.16. The molecule has 0 aromatic carbocycles. The quantitative estimate of drug-likeness (QED) is 0.520. The Morgan fingerprint density at radius 2 is 1.33 bits per heavy atom. The van der Waals surface area contributed by atoms with Gasteiger partial charge in [0.05, 0.1) is 17.8 Å². The Morgan fingerprint density at radius 3 is 1.67 bits per heavy atom. The largest absolute Gasteiger partial charge is 0.481 e. The molecule has 4 atom stereocenters. The van der Waals surface area contributed by atoms with Gasteiger partial charge in [-0.05, 0) is 12.3 Å². The number of carbonyl (C=O) groups is 4. The van der Waals surface area contributed by atoms with Crippen LogP contribution in [0.5, 0.6) is 0 Å². The van der Waals surface area contributed by atoms with Gasteiger partial charge in [0.15, 0.2) is 0 Å². The van der Waals surface area contributed by atoms with Gasteiger partial charge in [0.1, 0.15) is 0 Å². The number of hydrogen-bond acceptors (Lipinski definition) is 4. The third-order valence-corrected chi connectivity index (χ3v) is 3.25. The minimum absolute atomic E-state index is 0.362. The van der Waals surface area contributed by atoms with Crippen LogP contribution in [0.25, 0.3) is 0 Å². The molecule has 18 heavy (non-hydrogen) atoms. The summed E-state index contributed by atoms with van der Waals surface area (Å²) in [4.78, 5) is 43.5. The van der Waals surface area contributed by atoms with Crippen LogP contribution in [0.3, 0.4) is 0 Å². The lowest BCUT2D eigenvalue weighted by Gasteiger charge is -2.18. The van der Waals surface area contributed by atoms with Crippen molar-refractivity contribution < 1.29 is 39.6 Å². The first-order valence-corrected chi connectivity index (χ1v) is 5.16. The van der Waals surface area contributed by atoms with Gasteiger partial charge in [0.25, 0.3) is 0 Å². The number of rotatable bonds is 5. The lowest BCUT2D eigenvalue weighted by Crippen LogP contribution is -2.32. The molecule has 1 aliphatic rings. The Bertz CT molecular complexity index is 401. The third kappa shape index (κ3) is 2.58. The summed E-state index contributed by atoms with van der Waals surface area (Å²) in [5.74, 6) is -10.9. The number of hydrogen-bond donors (Lipinski definition) is 4. The number of aliphatic carboxylic acids is 4. The fraction of sp³-hybridized carbons (Fsp3) is 0.600. The van der Waals surface area contributed by atoms with E-state index >= 15 is 0 Å². The van der Waals surface area contributed by atoms with Crippen LogP contribution >= 0.6 is 0 Å². The van der Waals surface area contributed by atoms with Crippen LogP contribution in [0.2, 0.25) is 0 Å². The summed E-state index contributed by atoms with van der Waals surface area (Å²) < 4.78 is 0. The van der Waals surface area contributed by atoms with E-state index in [1.54, 1.807) is 0 Å². The molecule has 0 unspecified atom stereocenters. The fourth-order valence-electron chi connectivity index (χ4n) is 2.51. The highest BCUT2D eigenvalue weighted by Crippen LogP contribution is 2.44. The van der Waals surface area contributed by atoms with E-state index in [0.29, 0.717) is 0 Å². The molecule has 1 fully saturated rings. The highest BCUT2D eigenvalue weighted by molar-refractivity contribution is 5.85. The van der Waals surface area contributed by atoms with E-state index in [1.165, 1.54) is 0 Å². The van der Waals surface area contributed by atoms with Crippen LogP contribution < -0.4 is 0 Å². The van der Waals surface area contributed by atoms with Crippen LogP contribution in [-0.4, -0.2) is 44.3 Å². The van der Waals surface area contributed by atoms with Gasteiger partial charge in [-0.3, -0.25) is 19.2 Å². The molecule has 0 amide bonds. The Hall–Kier alpha value is -2.12. The normalized spacial score (nSPS) is 30.9. The van der Waals surface area contributed by atoms with Crippen molar-refractivity contribution in [2.75, 3.05) is 0 Å². The molecular weight excluding hydrogens is 248 g/mol. The lowest BCUT2D eigenvalue weighted by molar-refractivity contribution is -0.155. The van der Waals surface area contributed by atoms with Gasteiger partial charge in [-0.1, -0.05) is 0 Å². The SMILES string of the molecule is O=C(O)C[C@H]1[C@H](C(=O)O)[C@H](C(=O)O)C[C@@H]1C(=O)O. The molecule has 0 radical (unpaired) electrons. The molecule has 1 rings (SSSR count). The van der Waals surface area contributed by atoms with Gasteiger partial charge in [-0.25, -0.2) is 0 Å². The van der Waals surface area contributed by atoms with Crippen LogP contribution in [0.4, 0.5) is 0 Å². The van der Waals surface area contributed by atoms with Crippen LogP contribution in [-0.2, 0) is 19.2 Å². The second-order valence-electron chi connectivity index (χ2n) is 4.25. The van der Waals surface area contributed by atoms with E-state index in [1.807, 2.05) is 0 Å². The van der Waals surface area contributed by atoms with Crippen molar-refractivity contribution in [3.63, 3.8) is 0 Å². The molecule has 8 heteroatoms. The predicted octanol–water partition coefficient (Wildman–Crippen LogP) is -0.417. The molecule has 4 N–H and O–H groups in total. The average Bonchev–Trinajstić information content (AvgIpc) is 2.56. The first-order chi connectivity index (χ1) is 8.25. The van der Waals surface area contributed by atoms with Crippen molar-refractivity contribution >= 4 is 23.9 Å².